The zero-order chi connectivity index (χ0) is 17.1. The molecule has 0 atom stereocenters. The Bertz CT molecular complexity index is 684. The molecule has 2 heterocycles. The lowest BCUT2D eigenvalue weighted by Gasteiger charge is -2.25. The number of fused-ring (bicyclic) bond motifs is 1. The molecule has 24 heavy (non-hydrogen) atoms. The highest BCUT2D eigenvalue weighted by Crippen LogP contribution is 2.27. The van der Waals surface area contributed by atoms with Gasteiger partial charge in [0.05, 0.1) is 25.0 Å². The van der Waals surface area contributed by atoms with Crippen molar-refractivity contribution in [3.8, 4) is 0 Å². The van der Waals surface area contributed by atoms with Crippen molar-refractivity contribution in [3.05, 3.63) is 41.1 Å². The monoisotopic (exact) mass is 329 g/mol. The first-order valence-corrected chi connectivity index (χ1v) is 8.98. The Morgan fingerprint density at radius 1 is 1.33 bits per heavy atom. The van der Waals surface area contributed by atoms with Gasteiger partial charge in [-0.15, -0.1) is 0 Å². The van der Waals surface area contributed by atoms with Gasteiger partial charge in [-0.2, -0.15) is 5.10 Å². The number of amides is 1. The van der Waals surface area contributed by atoms with Crippen molar-refractivity contribution >= 4 is 5.91 Å². The minimum absolute atomic E-state index is 0.0664. The lowest BCUT2D eigenvalue weighted by atomic mass is 10.0. The number of furan rings is 1. The fraction of sp³-hybridized carbons (Fsp3) is 0.579. The van der Waals surface area contributed by atoms with Gasteiger partial charge < -0.3 is 9.32 Å². The van der Waals surface area contributed by atoms with E-state index in [0.717, 1.165) is 37.1 Å². The van der Waals surface area contributed by atoms with Crippen molar-refractivity contribution in [1.82, 2.24) is 14.7 Å². The molecule has 0 unspecified atom stereocenters. The topological polar surface area (TPSA) is 51.3 Å². The van der Waals surface area contributed by atoms with E-state index in [1.165, 1.54) is 17.7 Å². The van der Waals surface area contributed by atoms with Crippen LogP contribution in [0.5, 0.6) is 0 Å². The molecule has 1 aliphatic rings. The number of carbonyl (C=O) groups excluding carboxylic acids is 1. The maximum Gasteiger partial charge on any atom is 0.226 e. The van der Waals surface area contributed by atoms with E-state index < -0.39 is 0 Å². The van der Waals surface area contributed by atoms with E-state index in [1.54, 1.807) is 6.26 Å². The van der Waals surface area contributed by atoms with Crippen LogP contribution in [0.2, 0.25) is 0 Å². The lowest BCUT2D eigenvalue weighted by Crippen LogP contribution is -2.35. The molecule has 0 spiro atoms. The van der Waals surface area contributed by atoms with Crippen LogP contribution in [0.15, 0.2) is 22.8 Å². The predicted molar refractivity (Wildman–Crippen MR) is 92.3 cm³/mol. The number of hydrogen-bond acceptors (Lipinski definition) is 3. The Kier molecular flexibility index (Phi) is 5.07. The van der Waals surface area contributed by atoms with Crippen LogP contribution in [0.25, 0.3) is 0 Å². The van der Waals surface area contributed by atoms with Crippen LogP contribution in [0.4, 0.5) is 0 Å². The van der Waals surface area contributed by atoms with Gasteiger partial charge in [-0.05, 0) is 49.8 Å². The molecule has 0 radical (unpaired) electrons. The number of carbonyl (C=O) groups is 1. The largest absolute Gasteiger partial charge is 0.467 e. The number of aromatic nitrogens is 2. The summed E-state index contributed by atoms with van der Waals surface area (Å²) in [6.45, 7) is 5.23. The summed E-state index contributed by atoms with van der Waals surface area (Å²) in [6, 6.07) is 3.80. The van der Waals surface area contributed by atoms with Crippen molar-refractivity contribution in [3.63, 3.8) is 0 Å². The van der Waals surface area contributed by atoms with E-state index in [0.29, 0.717) is 13.1 Å². The van der Waals surface area contributed by atoms with Crippen molar-refractivity contribution in [2.24, 2.45) is 13.0 Å². The van der Waals surface area contributed by atoms with Crippen molar-refractivity contribution in [1.29, 1.82) is 0 Å². The molecule has 5 heteroatoms. The maximum absolute atomic E-state index is 13.0. The minimum Gasteiger partial charge on any atom is -0.467 e. The summed E-state index contributed by atoms with van der Waals surface area (Å²) in [7, 11) is 2.01. The van der Waals surface area contributed by atoms with Gasteiger partial charge in [0, 0.05) is 18.7 Å². The van der Waals surface area contributed by atoms with E-state index in [4.69, 9.17) is 4.42 Å². The summed E-state index contributed by atoms with van der Waals surface area (Å²) < 4.78 is 7.47. The third-order valence-corrected chi connectivity index (χ3v) is 5.11. The molecule has 2 aromatic heterocycles. The van der Waals surface area contributed by atoms with Gasteiger partial charge in [0.15, 0.2) is 0 Å². The first kappa shape index (κ1) is 16.8. The highest BCUT2D eigenvalue weighted by molar-refractivity contribution is 5.78. The smallest absolute Gasteiger partial charge is 0.226 e. The SMILES string of the molecule is CCC(CC)C(=O)N(Cc1ccco1)Cc1nn(C)c2c1CCC2. The van der Waals surface area contributed by atoms with Gasteiger partial charge in [-0.3, -0.25) is 9.48 Å². The molecular formula is C19H27N3O2. The Labute approximate surface area is 143 Å². The zero-order valence-corrected chi connectivity index (χ0v) is 14.9. The van der Waals surface area contributed by atoms with E-state index >= 15 is 0 Å². The molecule has 0 aliphatic heterocycles. The first-order valence-electron chi connectivity index (χ1n) is 8.98. The molecule has 5 nitrogen and oxygen atoms in total. The second-order valence-electron chi connectivity index (χ2n) is 6.64. The minimum atomic E-state index is 0.0664. The van der Waals surface area contributed by atoms with Crippen LogP contribution in [0.3, 0.4) is 0 Å². The van der Waals surface area contributed by atoms with Crippen LogP contribution in [-0.4, -0.2) is 20.6 Å². The fourth-order valence-corrected chi connectivity index (χ4v) is 3.70. The number of rotatable bonds is 7. The van der Waals surface area contributed by atoms with Crippen LogP contribution in [-0.2, 0) is 37.8 Å². The molecule has 0 saturated heterocycles. The molecule has 0 fully saturated rings. The van der Waals surface area contributed by atoms with Gasteiger partial charge >= 0.3 is 0 Å². The second kappa shape index (κ2) is 7.24. The number of aryl methyl sites for hydroxylation is 1. The summed E-state index contributed by atoms with van der Waals surface area (Å²) in [5.74, 6) is 1.09. The second-order valence-corrected chi connectivity index (χ2v) is 6.64. The molecule has 0 aromatic carbocycles. The number of hydrogen-bond donors (Lipinski definition) is 0. The number of nitrogens with zero attached hydrogens (tertiary/aromatic N) is 3. The molecule has 130 valence electrons. The Morgan fingerprint density at radius 2 is 2.12 bits per heavy atom. The van der Waals surface area contributed by atoms with Crippen molar-refractivity contribution in [2.45, 2.75) is 59.0 Å². The van der Waals surface area contributed by atoms with Gasteiger partial charge in [-0.1, -0.05) is 13.8 Å². The predicted octanol–water partition coefficient (Wildman–Crippen LogP) is 3.47. The van der Waals surface area contributed by atoms with Crippen LogP contribution in [0.1, 0.15) is 55.8 Å². The van der Waals surface area contributed by atoms with E-state index in [2.05, 4.69) is 18.9 Å². The van der Waals surface area contributed by atoms with Gasteiger partial charge in [0.2, 0.25) is 5.91 Å². The first-order chi connectivity index (χ1) is 11.6. The van der Waals surface area contributed by atoms with Crippen LogP contribution < -0.4 is 0 Å². The Morgan fingerprint density at radius 3 is 2.79 bits per heavy atom. The summed E-state index contributed by atoms with van der Waals surface area (Å²) >= 11 is 0. The summed E-state index contributed by atoms with van der Waals surface area (Å²) in [5.41, 5.74) is 3.73. The van der Waals surface area contributed by atoms with Crippen molar-refractivity contribution < 1.29 is 9.21 Å². The maximum atomic E-state index is 13.0. The van der Waals surface area contributed by atoms with E-state index in [-0.39, 0.29) is 11.8 Å². The highest BCUT2D eigenvalue weighted by atomic mass is 16.3. The molecule has 3 rings (SSSR count). The zero-order valence-electron chi connectivity index (χ0n) is 14.9. The summed E-state index contributed by atoms with van der Waals surface area (Å²) in [5, 5.41) is 4.69. The molecule has 1 amide bonds. The quantitative estimate of drug-likeness (QED) is 0.781. The molecule has 0 saturated carbocycles. The molecule has 0 N–H and O–H groups in total. The van der Waals surface area contributed by atoms with E-state index in [1.807, 2.05) is 28.8 Å². The van der Waals surface area contributed by atoms with Crippen molar-refractivity contribution in [2.75, 3.05) is 0 Å². The molecule has 2 aromatic rings. The molecular weight excluding hydrogens is 302 g/mol. The van der Waals surface area contributed by atoms with Gasteiger partial charge in [-0.25, -0.2) is 0 Å². The average Bonchev–Trinajstić information content (AvgIpc) is 3.29. The van der Waals surface area contributed by atoms with Crippen LogP contribution >= 0.6 is 0 Å². The van der Waals surface area contributed by atoms with E-state index in [9.17, 15) is 4.79 Å². The summed E-state index contributed by atoms with van der Waals surface area (Å²) in [4.78, 5) is 14.9. The third kappa shape index (κ3) is 3.25. The fourth-order valence-electron chi connectivity index (χ4n) is 3.70. The van der Waals surface area contributed by atoms with Crippen LogP contribution in [0, 0.1) is 5.92 Å². The normalized spacial score (nSPS) is 13.5. The van der Waals surface area contributed by atoms with Gasteiger partial charge in [0.1, 0.15) is 5.76 Å². The highest BCUT2D eigenvalue weighted by Gasteiger charge is 2.27. The summed E-state index contributed by atoms with van der Waals surface area (Å²) in [6.07, 6.45) is 6.75. The Balaban J connectivity index is 1.84. The Hall–Kier alpha value is -2.04. The lowest BCUT2D eigenvalue weighted by molar-refractivity contribution is -0.137. The third-order valence-electron chi connectivity index (χ3n) is 5.11. The van der Waals surface area contributed by atoms with Gasteiger partial charge in [0.25, 0.3) is 0 Å². The molecule has 1 aliphatic carbocycles. The standard InChI is InChI=1S/C19H27N3O2/c1-4-14(5-2)19(23)22(12-15-8-7-11-24-15)13-17-16-9-6-10-18(16)21(3)20-17/h7-8,11,14H,4-6,9-10,12-13H2,1-3H3. The average molecular weight is 329 g/mol. The molecule has 0 bridgehead atoms.